The van der Waals surface area contributed by atoms with Crippen molar-refractivity contribution in [3.05, 3.63) is 46.8 Å². The number of rotatable bonds is 6. The normalized spacial score (nSPS) is 15.1. The molecule has 1 aliphatic rings. The summed E-state index contributed by atoms with van der Waals surface area (Å²) >= 11 is 0. The van der Waals surface area contributed by atoms with Crippen molar-refractivity contribution in [1.82, 2.24) is 0 Å². The van der Waals surface area contributed by atoms with Gasteiger partial charge in [0.05, 0.1) is 0 Å². The predicted octanol–water partition coefficient (Wildman–Crippen LogP) is 4.48. The second kappa shape index (κ2) is 13.6. The second-order valence-electron chi connectivity index (χ2n) is 6.15. The molecule has 0 saturated heterocycles. The zero-order valence-corrected chi connectivity index (χ0v) is 16.8. The predicted molar refractivity (Wildman–Crippen MR) is 104 cm³/mol. The Morgan fingerprint density at radius 1 is 1.07 bits per heavy atom. The molecule has 0 spiro atoms. The number of carboxylic acid groups (broad SMARTS) is 1. The van der Waals surface area contributed by atoms with E-state index in [9.17, 15) is 14.4 Å². The second-order valence-corrected chi connectivity index (χ2v) is 6.15. The van der Waals surface area contributed by atoms with Crippen LogP contribution in [0, 0.1) is 0 Å². The minimum Gasteiger partial charge on any atom is -0.478 e. The van der Waals surface area contributed by atoms with Crippen LogP contribution in [0.4, 0.5) is 0 Å². The Morgan fingerprint density at radius 3 is 2.19 bits per heavy atom. The van der Waals surface area contributed by atoms with Crippen LogP contribution in [0.25, 0.3) is 0 Å². The van der Waals surface area contributed by atoms with Gasteiger partial charge in [0, 0.05) is 19.4 Å². The van der Waals surface area contributed by atoms with E-state index in [0.717, 1.165) is 0 Å². The summed E-state index contributed by atoms with van der Waals surface area (Å²) in [7, 11) is 0. The zero-order chi connectivity index (χ0) is 20.8. The molecule has 0 amide bonds. The van der Waals surface area contributed by atoms with Gasteiger partial charge in [-0.25, -0.2) is 4.79 Å². The largest absolute Gasteiger partial charge is 0.478 e. The van der Waals surface area contributed by atoms with Gasteiger partial charge >= 0.3 is 17.9 Å². The van der Waals surface area contributed by atoms with Gasteiger partial charge in [-0.3, -0.25) is 9.59 Å². The molecular weight excluding hydrogens is 348 g/mol. The first kappa shape index (κ1) is 24.4. The third-order valence-corrected chi connectivity index (χ3v) is 3.69. The molecule has 0 aromatic carbocycles. The molecule has 0 aliphatic heterocycles. The molecule has 1 rings (SSSR count). The smallest absolute Gasteiger partial charge is 0.331 e. The summed E-state index contributed by atoms with van der Waals surface area (Å²) in [4.78, 5) is 31.8. The Hall–Kier alpha value is -2.63. The molecule has 0 unspecified atom stereocenters. The fraction of sp³-hybridized carbons (Fsp3) is 0.476. The lowest BCUT2D eigenvalue weighted by Crippen LogP contribution is -2.04. The molecule has 6 heteroatoms. The van der Waals surface area contributed by atoms with E-state index in [-0.39, 0.29) is 17.9 Å². The minimum atomic E-state index is -1.13. The van der Waals surface area contributed by atoms with Crippen molar-refractivity contribution in [3.63, 3.8) is 0 Å². The summed E-state index contributed by atoms with van der Waals surface area (Å²) in [5.74, 6) is -2.18. The van der Waals surface area contributed by atoms with E-state index in [2.05, 4.69) is 30.7 Å². The van der Waals surface area contributed by atoms with Crippen LogP contribution < -0.4 is 0 Å². The Labute approximate surface area is 161 Å². The average Bonchev–Trinajstić information content (AvgIpc) is 2.56. The van der Waals surface area contributed by atoms with Crippen molar-refractivity contribution >= 4 is 17.9 Å². The number of carbonyl (C=O) groups excluding carboxylic acids is 2. The van der Waals surface area contributed by atoms with Gasteiger partial charge in [-0.15, -0.1) is 0 Å². The summed E-state index contributed by atoms with van der Waals surface area (Å²) in [6.45, 7) is 8.03. The summed E-state index contributed by atoms with van der Waals surface area (Å²) in [5, 5.41) is 8.66. The third kappa shape index (κ3) is 12.4. The van der Waals surface area contributed by atoms with Crippen molar-refractivity contribution in [2.24, 2.45) is 0 Å². The van der Waals surface area contributed by atoms with Crippen molar-refractivity contribution in [3.8, 4) is 0 Å². The summed E-state index contributed by atoms with van der Waals surface area (Å²) in [6, 6.07) is 0. The van der Waals surface area contributed by atoms with Gasteiger partial charge in [0.25, 0.3) is 0 Å². The molecule has 6 nitrogen and oxygen atoms in total. The Balaban J connectivity index is 0.000000569. The number of esters is 2. The SMILES string of the molecule is C/C=C\C1=C(C)CCCC1.CC(=O)OC/C=C(\C=C(/C)C(=O)O)OC(C)=O. The molecule has 0 radical (unpaired) electrons. The lowest BCUT2D eigenvalue weighted by atomic mass is 9.93. The van der Waals surface area contributed by atoms with E-state index in [1.807, 2.05) is 0 Å². The van der Waals surface area contributed by atoms with Crippen molar-refractivity contribution in [2.45, 2.75) is 60.3 Å². The summed E-state index contributed by atoms with van der Waals surface area (Å²) in [5.41, 5.74) is 3.18. The van der Waals surface area contributed by atoms with Crippen molar-refractivity contribution < 1.29 is 29.0 Å². The molecule has 1 aliphatic carbocycles. The molecule has 27 heavy (non-hydrogen) atoms. The topological polar surface area (TPSA) is 89.9 Å². The number of ether oxygens (including phenoxy) is 2. The number of aliphatic carboxylic acids is 1. The highest BCUT2D eigenvalue weighted by atomic mass is 16.5. The molecule has 150 valence electrons. The first-order valence-electron chi connectivity index (χ1n) is 8.92. The standard InChI is InChI=1S/C11H14O6.C10H16/c1-7(11(14)15)6-10(17-9(3)13)4-5-16-8(2)12;1-3-6-10-8-5-4-7-9(10)2/h4,6H,5H2,1-3H3,(H,14,15);3,6H,4-5,7-8H2,1-2H3/b7-6+,10-4+;6-3-. The van der Waals surface area contributed by atoms with E-state index >= 15 is 0 Å². The number of hydrogen-bond acceptors (Lipinski definition) is 5. The molecule has 0 atom stereocenters. The van der Waals surface area contributed by atoms with Crippen LogP contribution in [0.1, 0.15) is 60.3 Å². The Morgan fingerprint density at radius 2 is 1.70 bits per heavy atom. The highest BCUT2D eigenvalue weighted by Crippen LogP contribution is 2.24. The molecule has 1 N–H and O–H groups in total. The Kier molecular flexibility index (Phi) is 12.2. The van der Waals surface area contributed by atoms with Gasteiger partial charge in [0.2, 0.25) is 0 Å². The fourth-order valence-electron chi connectivity index (χ4n) is 2.32. The average molecular weight is 378 g/mol. The lowest BCUT2D eigenvalue weighted by molar-refractivity contribution is -0.139. The molecule has 0 fully saturated rings. The van der Waals surface area contributed by atoms with E-state index in [1.54, 1.807) is 11.1 Å². The van der Waals surface area contributed by atoms with Crippen molar-refractivity contribution in [2.75, 3.05) is 6.61 Å². The summed E-state index contributed by atoms with van der Waals surface area (Å²) < 4.78 is 9.36. The highest BCUT2D eigenvalue weighted by molar-refractivity contribution is 5.86. The van der Waals surface area contributed by atoms with Crippen LogP contribution in [-0.4, -0.2) is 29.6 Å². The van der Waals surface area contributed by atoms with Gasteiger partial charge in [0.15, 0.2) is 0 Å². The number of carbonyl (C=O) groups is 3. The van der Waals surface area contributed by atoms with E-state index < -0.39 is 17.9 Å². The monoisotopic (exact) mass is 378 g/mol. The molecule has 0 saturated carbocycles. The maximum atomic E-state index is 10.8. The minimum absolute atomic E-state index is 0.000301. The zero-order valence-electron chi connectivity index (χ0n) is 16.8. The van der Waals surface area contributed by atoms with Crippen LogP contribution in [0.2, 0.25) is 0 Å². The van der Waals surface area contributed by atoms with E-state index in [4.69, 9.17) is 9.84 Å². The molecular formula is C21H30O6. The van der Waals surface area contributed by atoms with Gasteiger partial charge in [-0.1, -0.05) is 17.7 Å². The van der Waals surface area contributed by atoms with Crippen LogP contribution in [0.15, 0.2) is 46.8 Å². The van der Waals surface area contributed by atoms with Crippen molar-refractivity contribution in [1.29, 1.82) is 0 Å². The molecule has 0 bridgehead atoms. The van der Waals surface area contributed by atoms with Gasteiger partial charge in [0.1, 0.15) is 12.4 Å². The molecule has 0 heterocycles. The fourth-order valence-corrected chi connectivity index (χ4v) is 2.32. The number of allylic oxidation sites excluding steroid dienone is 5. The lowest BCUT2D eigenvalue weighted by Gasteiger charge is -2.13. The van der Waals surface area contributed by atoms with Crippen LogP contribution in [0.5, 0.6) is 0 Å². The highest BCUT2D eigenvalue weighted by Gasteiger charge is 2.06. The maximum Gasteiger partial charge on any atom is 0.331 e. The Bertz CT molecular complexity index is 650. The first-order chi connectivity index (χ1) is 12.7. The van der Waals surface area contributed by atoms with Crippen LogP contribution >= 0.6 is 0 Å². The molecule has 0 aromatic rings. The summed E-state index contributed by atoms with van der Waals surface area (Å²) in [6.07, 6.45) is 12.3. The van der Waals surface area contributed by atoms with Gasteiger partial charge in [-0.05, 0) is 64.2 Å². The number of hydrogen-bond donors (Lipinski definition) is 1. The third-order valence-electron chi connectivity index (χ3n) is 3.69. The maximum absolute atomic E-state index is 10.8. The number of carboxylic acids is 1. The van der Waals surface area contributed by atoms with Crippen LogP contribution in [0.3, 0.4) is 0 Å². The van der Waals surface area contributed by atoms with E-state index in [0.29, 0.717) is 0 Å². The van der Waals surface area contributed by atoms with Gasteiger partial charge < -0.3 is 14.6 Å². The van der Waals surface area contributed by atoms with Gasteiger partial charge in [-0.2, -0.15) is 0 Å². The first-order valence-corrected chi connectivity index (χ1v) is 8.92. The quantitative estimate of drug-likeness (QED) is 0.317. The molecule has 0 aromatic heterocycles. The van der Waals surface area contributed by atoms with Crippen LogP contribution in [-0.2, 0) is 23.9 Å². The van der Waals surface area contributed by atoms with E-state index in [1.165, 1.54) is 58.6 Å².